The molecule has 0 aliphatic carbocycles. The molecule has 0 aliphatic rings. The van der Waals surface area contributed by atoms with Crippen LogP contribution in [0.15, 0.2) is 36.4 Å². The molecule has 0 atom stereocenters. The fourth-order valence-corrected chi connectivity index (χ4v) is 2.06. The first-order chi connectivity index (χ1) is 10.0. The predicted octanol–water partition coefficient (Wildman–Crippen LogP) is 4.50. The molecule has 0 aromatic heterocycles. The maximum Gasteiger partial charge on any atom is 0.340 e. The number of anilines is 3. The maximum absolute atomic E-state index is 11.8. The molecule has 110 valence electrons. The van der Waals surface area contributed by atoms with Crippen molar-refractivity contribution in [1.29, 1.82) is 0 Å². The average molecular weight is 325 g/mol. The van der Waals surface area contributed by atoms with Crippen LogP contribution in [0, 0.1) is 0 Å². The number of hydrogen-bond donors (Lipinski definition) is 2. The van der Waals surface area contributed by atoms with E-state index >= 15 is 0 Å². The third kappa shape index (κ3) is 3.80. The van der Waals surface area contributed by atoms with Crippen LogP contribution in [0.3, 0.4) is 0 Å². The molecular weight excluding hydrogens is 311 g/mol. The smallest absolute Gasteiger partial charge is 0.340 e. The Labute approximate surface area is 132 Å². The molecule has 2 aromatic carbocycles. The number of rotatable bonds is 4. The van der Waals surface area contributed by atoms with E-state index in [1.54, 1.807) is 43.3 Å². The van der Waals surface area contributed by atoms with Gasteiger partial charge in [0.05, 0.1) is 22.2 Å². The van der Waals surface area contributed by atoms with Crippen molar-refractivity contribution in [1.82, 2.24) is 0 Å². The molecule has 21 heavy (non-hydrogen) atoms. The van der Waals surface area contributed by atoms with Gasteiger partial charge >= 0.3 is 5.97 Å². The number of hydrogen-bond acceptors (Lipinski definition) is 4. The van der Waals surface area contributed by atoms with Crippen molar-refractivity contribution in [2.75, 3.05) is 17.7 Å². The van der Waals surface area contributed by atoms with Crippen LogP contribution in [0.4, 0.5) is 17.1 Å². The van der Waals surface area contributed by atoms with Gasteiger partial charge in [0.1, 0.15) is 0 Å². The SMILES string of the molecule is CCOC(=O)c1cc(Nc2ccc(Cl)c(Cl)c2)ccc1N. The molecule has 3 N–H and O–H groups in total. The van der Waals surface area contributed by atoms with Crippen LogP contribution in [0.1, 0.15) is 17.3 Å². The molecule has 2 aromatic rings. The summed E-state index contributed by atoms with van der Waals surface area (Å²) in [6.45, 7) is 2.04. The first kappa shape index (κ1) is 15.5. The molecule has 0 bridgehead atoms. The standard InChI is InChI=1S/C15H14Cl2N2O2/c1-2-21-15(20)11-7-9(4-6-14(11)18)19-10-3-5-12(16)13(17)8-10/h3-8,19H,2,18H2,1H3. The minimum absolute atomic E-state index is 0.294. The number of esters is 1. The molecule has 0 unspecified atom stereocenters. The summed E-state index contributed by atoms with van der Waals surface area (Å²) in [4.78, 5) is 11.8. The summed E-state index contributed by atoms with van der Waals surface area (Å²) in [6, 6.07) is 10.2. The number of halogens is 2. The van der Waals surface area contributed by atoms with Crippen LogP contribution in [0.25, 0.3) is 0 Å². The van der Waals surface area contributed by atoms with Crippen molar-refractivity contribution in [2.24, 2.45) is 0 Å². The van der Waals surface area contributed by atoms with Gasteiger partial charge in [0, 0.05) is 17.1 Å². The van der Waals surface area contributed by atoms with Gasteiger partial charge in [-0.25, -0.2) is 4.79 Å². The molecule has 0 amide bonds. The van der Waals surface area contributed by atoms with Crippen molar-refractivity contribution < 1.29 is 9.53 Å². The summed E-state index contributed by atoms with van der Waals surface area (Å²) < 4.78 is 4.96. The Morgan fingerprint density at radius 1 is 1.14 bits per heavy atom. The highest BCUT2D eigenvalue weighted by Gasteiger charge is 2.11. The molecule has 0 radical (unpaired) electrons. The van der Waals surface area contributed by atoms with Gasteiger partial charge in [0.15, 0.2) is 0 Å². The van der Waals surface area contributed by atoms with Gasteiger partial charge in [-0.15, -0.1) is 0 Å². The molecule has 4 nitrogen and oxygen atoms in total. The molecular formula is C15H14Cl2N2O2. The van der Waals surface area contributed by atoms with E-state index in [9.17, 15) is 4.79 Å². The van der Waals surface area contributed by atoms with Crippen LogP contribution >= 0.6 is 23.2 Å². The largest absolute Gasteiger partial charge is 0.462 e. The second-order valence-electron chi connectivity index (χ2n) is 4.28. The summed E-state index contributed by atoms with van der Waals surface area (Å²) >= 11 is 11.8. The zero-order valence-electron chi connectivity index (χ0n) is 11.3. The lowest BCUT2D eigenvalue weighted by atomic mass is 10.1. The average Bonchev–Trinajstić information content (AvgIpc) is 2.45. The van der Waals surface area contributed by atoms with Gasteiger partial charge in [-0.05, 0) is 43.3 Å². The number of ether oxygens (including phenoxy) is 1. The summed E-state index contributed by atoms with van der Waals surface area (Å²) in [5.41, 5.74) is 7.93. The van der Waals surface area contributed by atoms with Gasteiger partial charge in [-0.1, -0.05) is 23.2 Å². The third-order valence-electron chi connectivity index (χ3n) is 2.76. The van der Waals surface area contributed by atoms with Crippen LogP contribution in [0.5, 0.6) is 0 Å². The van der Waals surface area contributed by atoms with Gasteiger partial charge in [-0.2, -0.15) is 0 Å². The Kier molecular flexibility index (Phi) is 4.94. The van der Waals surface area contributed by atoms with Crippen molar-refractivity contribution >= 4 is 46.2 Å². The first-order valence-corrected chi connectivity index (χ1v) is 7.05. The molecule has 0 saturated heterocycles. The lowest BCUT2D eigenvalue weighted by Gasteiger charge is -2.11. The highest BCUT2D eigenvalue weighted by Crippen LogP contribution is 2.28. The number of nitrogens with one attached hydrogen (secondary N) is 1. The summed E-state index contributed by atoms with van der Waals surface area (Å²) in [5, 5.41) is 4.06. The molecule has 0 heterocycles. The minimum Gasteiger partial charge on any atom is -0.462 e. The number of nitrogen functional groups attached to an aromatic ring is 1. The van der Waals surface area contributed by atoms with Crippen LogP contribution < -0.4 is 11.1 Å². The number of carbonyl (C=O) groups is 1. The number of carbonyl (C=O) groups excluding carboxylic acids is 1. The van der Waals surface area contributed by atoms with Gasteiger partial charge in [-0.3, -0.25) is 0 Å². The molecule has 0 spiro atoms. The molecule has 0 fully saturated rings. The Morgan fingerprint density at radius 2 is 1.81 bits per heavy atom. The summed E-state index contributed by atoms with van der Waals surface area (Å²) in [7, 11) is 0. The summed E-state index contributed by atoms with van der Waals surface area (Å²) in [5.74, 6) is -0.451. The molecule has 6 heteroatoms. The Balaban J connectivity index is 2.26. The predicted molar refractivity (Wildman–Crippen MR) is 86.6 cm³/mol. The van der Waals surface area contributed by atoms with Crippen LogP contribution in [-0.2, 0) is 4.74 Å². The second-order valence-corrected chi connectivity index (χ2v) is 5.09. The molecule has 0 aliphatic heterocycles. The lowest BCUT2D eigenvalue weighted by Crippen LogP contribution is -2.08. The van der Waals surface area contributed by atoms with E-state index in [0.29, 0.717) is 33.6 Å². The lowest BCUT2D eigenvalue weighted by molar-refractivity contribution is 0.0527. The Hall–Kier alpha value is -1.91. The Bertz CT molecular complexity index is 675. The first-order valence-electron chi connectivity index (χ1n) is 6.30. The van der Waals surface area contributed by atoms with Crippen molar-refractivity contribution in [2.45, 2.75) is 6.92 Å². The fourth-order valence-electron chi connectivity index (χ4n) is 1.76. The van der Waals surface area contributed by atoms with Gasteiger partial charge in [0.25, 0.3) is 0 Å². The van der Waals surface area contributed by atoms with E-state index in [4.69, 9.17) is 33.7 Å². The number of benzene rings is 2. The van der Waals surface area contributed by atoms with Crippen molar-refractivity contribution in [3.8, 4) is 0 Å². The minimum atomic E-state index is -0.451. The molecule has 0 saturated carbocycles. The van der Waals surface area contributed by atoms with E-state index in [-0.39, 0.29) is 0 Å². The normalized spacial score (nSPS) is 10.2. The van der Waals surface area contributed by atoms with Gasteiger partial charge in [0.2, 0.25) is 0 Å². The highest BCUT2D eigenvalue weighted by atomic mass is 35.5. The maximum atomic E-state index is 11.8. The summed E-state index contributed by atoms with van der Waals surface area (Å²) in [6.07, 6.45) is 0. The fraction of sp³-hybridized carbons (Fsp3) is 0.133. The van der Waals surface area contributed by atoms with Crippen molar-refractivity contribution in [3.05, 3.63) is 52.0 Å². The van der Waals surface area contributed by atoms with Gasteiger partial charge < -0.3 is 15.8 Å². The van der Waals surface area contributed by atoms with E-state index in [1.807, 2.05) is 0 Å². The van der Waals surface area contributed by atoms with E-state index in [2.05, 4.69) is 5.32 Å². The zero-order chi connectivity index (χ0) is 15.4. The van der Waals surface area contributed by atoms with Crippen molar-refractivity contribution in [3.63, 3.8) is 0 Å². The molecule has 2 rings (SSSR count). The van der Waals surface area contributed by atoms with E-state index < -0.39 is 5.97 Å². The second kappa shape index (κ2) is 6.70. The van der Waals surface area contributed by atoms with E-state index in [0.717, 1.165) is 5.69 Å². The van der Waals surface area contributed by atoms with Crippen LogP contribution in [0.2, 0.25) is 10.0 Å². The van der Waals surface area contributed by atoms with Crippen LogP contribution in [-0.4, -0.2) is 12.6 Å². The Morgan fingerprint density at radius 3 is 2.48 bits per heavy atom. The van der Waals surface area contributed by atoms with E-state index in [1.165, 1.54) is 0 Å². The highest BCUT2D eigenvalue weighted by molar-refractivity contribution is 6.42. The quantitative estimate of drug-likeness (QED) is 0.642. The third-order valence-corrected chi connectivity index (χ3v) is 3.50. The topological polar surface area (TPSA) is 64.3 Å². The zero-order valence-corrected chi connectivity index (χ0v) is 12.8. The number of nitrogens with two attached hydrogens (primary N) is 1. The monoisotopic (exact) mass is 324 g/mol.